The number of amides is 1. The zero-order valence-electron chi connectivity index (χ0n) is 12.3. The quantitative estimate of drug-likeness (QED) is 0.880. The van der Waals surface area contributed by atoms with Crippen molar-refractivity contribution in [1.82, 2.24) is 9.88 Å². The van der Waals surface area contributed by atoms with Crippen molar-refractivity contribution in [3.8, 4) is 0 Å². The molecule has 0 bridgehead atoms. The van der Waals surface area contributed by atoms with Crippen molar-refractivity contribution in [2.75, 3.05) is 0 Å². The van der Waals surface area contributed by atoms with Crippen molar-refractivity contribution in [2.24, 2.45) is 0 Å². The van der Waals surface area contributed by atoms with E-state index in [4.69, 9.17) is 0 Å². The molecule has 0 fully saturated rings. The maximum Gasteiger partial charge on any atom is 0.240 e. The third kappa shape index (κ3) is 3.02. The van der Waals surface area contributed by atoms with Crippen LogP contribution < -0.4 is 5.32 Å². The Kier molecular flexibility index (Phi) is 4.14. The normalized spacial score (nSPS) is 11.8. The zero-order valence-corrected chi connectivity index (χ0v) is 12.3. The number of hydrogen-bond donors (Lipinski definition) is 2. The van der Waals surface area contributed by atoms with E-state index in [9.17, 15) is 9.90 Å². The first kappa shape index (κ1) is 14.6. The molecule has 2 N–H and O–H groups in total. The van der Waals surface area contributed by atoms with E-state index < -0.39 is 0 Å². The van der Waals surface area contributed by atoms with Gasteiger partial charge >= 0.3 is 0 Å². The number of aromatic nitrogens is 1. The highest BCUT2D eigenvalue weighted by atomic mass is 16.3. The van der Waals surface area contributed by atoms with Gasteiger partial charge in [-0.1, -0.05) is 19.1 Å². The molecule has 108 valence electrons. The molecule has 1 amide bonds. The summed E-state index contributed by atoms with van der Waals surface area (Å²) in [5, 5.41) is 13.3. The summed E-state index contributed by atoms with van der Waals surface area (Å²) in [7, 11) is 0. The predicted molar refractivity (Wildman–Crippen MR) is 80.4 cm³/mol. The van der Waals surface area contributed by atoms with Crippen LogP contribution in [0.3, 0.4) is 0 Å². The van der Waals surface area contributed by atoms with Crippen LogP contribution in [0.1, 0.15) is 32.8 Å². The molecule has 0 radical (unpaired) electrons. The number of benzene rings is 1. The number of hydrogen-bond acceptors (Lipinski definition) is 2. The van der Waals surface area contributed by atoms with E-state index in [1.807, 2.05) is 48.9 Å². The van der Waals surface area contributed by atoms with Crippen molar-refractivity contribution in [3.05, 3.63) is 36.0 Å². The van der Waals surface area contributed by atoms with E-state index in [2.05, 4.69) is 12.2 Å². The molecular formula is C16H22N2O2. The van der Waals surface area contributed by atoms with Crippen LogP contribution in [0.25, 0.3) is 10.9 Å². The number of carbonyl (C=O) groups excluding carboxylic acids is 1. The van der Waals surface area contributed by atoms with Gasteiger partial charge in [0.15, 0.2) is 0 Å². The monoisotopic (exact) mass is 274 g/mol. The minimum Gasteiger partial charge on any atom is -0.392 e. The first-order chi connectivity index (χ1) is 9.46. The summed E-state index contributed by atoms with van der Waals surface area (Å²) < 4.78 is 1.91. The van der Waals surface area contributed by atoms with E-state index in [1.54, 1.807) is 0 Å². The molecule has 2 rings (SSSR count). The van der Waals surface area contributed by atoms with Crippen LogP contribution in [-0.4, -0.2) is 21.1 Å². The van der Waals surface area contributed by atoms with E-state index >= 15 is 0 Å². The van der Waals surface area contributed by atoms with Crippen LogP contribution in [0.5, 0.6) is 0 Å². The van der Waals surface area contributed by atoms with Crippen LogP contribution in [-0.2, 0) is 17.9 Å². The van der Waals surface area contributed by atoms with Gasteiger partial charge in [0, 0.05) is 22.6 Å². The zero-order chi connectivity index (χ0) is 14.8. The number of aliphatic hydroxyl groups is 1. The highest BCUT2D eigenvalue weighted by Crippen LogP contribution is 2.20. The van der Waals surface area contributed by atoms with Crippen molar-refractivity contribution in [3.63, 3.8) is 0 Å². The topological polar surface area (TPSA) is 54.3 Å². The second-order valence-corrected chi connectivity index (χ2v) is 5.74. The lowest BCUT2D eigenvalue weighted by atomic mass is 10.0. The molecule has 0 aliphatic heterocycles. The Hall–Kier alpha value is -1.81. The molecule has 2 aromatic rings. The molecule has 0 saturated carbocycles. The van der Waals surface area contributed by atoms with Gasteiger partial charge in [-0.25, -0.2) is 0 Å². The molecule has 0 spiro atoms. The summed E-state index contributed by atoms with van der Waals surface area (Å²) in [6.07, 6.45) is 2.78. The molecule has 0 unspecified atom stereocenters. The van der Waals surface area contributed by atoms with Gasteiger partial charge in [-0.2, -0.15) is 0 Å². The fourth-order valence-electron chi connectivity index (χ4n) is 2.22. The molecule has 0 saturated heterocycles. The van der Waals surface area contributed by atoms with Crippen LogP contribution in [0, 0.1) is 0 Å². The van der Waals surface area contributed by atoms with Crippen molar-refractivity contribution in [2.45, 2.75) is 45.9 Å². The van der Waals surface area contributed by atoms with Crippen molar-refractivity contribution >= 4 is 16.8 Å². The fraction of sp³-hybridized carbons (Fsp3) is 0.438. The smallest absolute Gasteiger partial charge is 0.240 e. The van der Waals surface area contributed by atoms with E-state index in [0.717, 1.165) is 22.9 Å². The number of fused-ring (bicyclic) bond motifs is 1. The van der Waals surface area contributed by atoms with Crippen LogP contribution in [0.2, 0.25) is 0 Å². The molecule has 1 aromatic carbocycles. The lowest BCUT2D eigenvalue weighted by Crippen LogP contribution is -2.44. The Morgan fingerprint density at radius 3 is 2.75 bits per heavy atom. The van der Waals surface area contributed by atoms with Crippen LogP contribution >= 0.6 is 0 Å². The molecule has 0 aliphatic rings. The van der Waals surface area contributed by atoms with E-state index in [1.165, 1.54) is 0 Å². The maximum absolute atomic E-state index is 12.1. The van der Waals surface area contributed by atoms with Gasteiger partial charge in [0.1, 0.15) is 6.54 Å². The number of nitrogens with one attached hydrogen (secondary N) is 1. The van der Waals surface area contributed by atoms with Crippen molar-refractivity contribution < 1.29 is 9.90 Å². The Morgan fingerprint density at radius 2 is 2.10 bits per heavy atom. The van der Waals surface area contributed by atoms with Crippen LogP contribution in [0.15, 0.2) is 30.5 Å². The van der Waals surface area contributed by atoms with Crippen LogP contribution in [0.4, 0.5) is 0 Å². The number of aliphatic hydroxyl groups excluding tert-OH is 1. The van der Waals surface area contributed by atoms with E-state index in [0.29, 0.717) is 6.54 Å². The number of carbonyl (C=O) groups is 1. The molecule has 1 heterocycles. The standard InChI is InChI=1S/C16H22N2O2/c1-4-16(2,3)17-15(20)10-18-9-8-13-12(11-19)6-5-7-14(13)18/h5-9,19H,4,10-11H2,1-3H3,(H,17,20). The third-order valence-electron chi connectivity index (χ3n) is 3.75. The summed E-state index contributed by atoms with van der Waals surface area (Å²) in [6, 6.07) is 7.71. The fourth-order valence-corrected chi connectivity index (χ4v) is 2.22. The van der Waals surface area contributed by atoms with Gasteiger partial charge in [0.2, 0.25) is 5.91 Å². The second-order valence-electron chi connectivity index (χ2n) is 5.74. The summed E-state index contributed by atoms with van der Waals surface area (Å²) >= 11 is 0. The minimum atomic E-state index is -0.184. The lowest BCUT2D eigenvalue weighted by molar-refractivity contribution is -0.123. The summed E-state index contributed by atoms with van der Waals surface area (Å²) in [5.41, 5.74) is 1.67. The Balaban J connectivity index is 2.20. The van der Waals surface area contributed by atoms with Crippen molar-refractivity contribution in [1.29, 1.82) is 0 Å². The SMILES string of the molecule is CCC(C)(C)NC(=O)Cn1ccc2c(CO)cccc21. The maximum atomic E-state index is 12.1. The average molecular weight is 274 g/mol. The van der Waals surface area contributed by atoms with Gasteiger partial charge in [0.05, 0.1) is 6.61 Å². The van der Waals surface area contributed by atoms with Gasteiger partial charge in [-0.15, -0.1) is 0 Å². The Bertz CT molecular complexity index is 614. The third-order valence-corrected chi connectivity index (χ3v) is 3.75. The van der Waals surface area contributed by atoms with E-state index in [-0.39, 0.29) is 18.1 Å². The first-order valence-corrected chi connectivity index (χ1v) is 6.95. The summed E-state index contributed by atoms with van der Waals surface area (Å²) in [4.78, 5) is 12.1. The molecule has 4 heteroatoms. The average Bonchev–Trinajstić information content (AvgIpc) is 2.81. The molecule has 20 heavy (non-hydrogen) atoms. The first-order valence-electron chi connectivity index (χ1n) is 6.95. The largest absolute Gasteiger partial charge is 0.392 e. The predicted octanol–water partition coefficient (Wildman–Crippen LogP) is 2.44. The minimum absolute atomic E-state index is 0.00347. The Labute approximate surface area is 119 Å². The second kappa shape index (κ2) is 5.67. The van der Waals surface area contributed by atoms with Gasteiger partial charge in [-0.05, 0) is 38.0 Å². The molecule has 0 atom stereocenters. The number of rotatable bonds is 5. The molecule has 1 aromatic heterocycles. The molecule has 0 aliphatic carbocycles. The van der Waals surface area contributed by atoms with Gasteiger partial charge in [-0.3, -0.25) is 4.79 Å². The summed E-state index contributed by atoms with van der Waals surface area (Å²) in [6.45, 7) is 6.39. The van der Waals surface area contributed by atoms with Gasteiger partial charge < -0.3 is 15.0 Å². The molecular weight excluding hydrogens is 252 g/mol. The number of nitrogens with zero attached hydrogens (tertiary/aromatic N) is 1. The highest BCUT2D eigenvalue weighted by Gasteiger charge is 2.18. The van der Waals surface area contributed by atoms with Gasteiger partial charge in [0.25, 0.3) is 0 Å². The lowest BCUT2D eigenvalue weighted by Gasteiger charge is -2.24. The molecule has 4 nitrogen and oxygen atoms in total. The Morgan fingerprint density at radius 1 is 1.35 bits per heavy atom. The highest BCUT2D eigenvalue weighted by molar-refractivity contribution is 5.86. The summed E-state index contributed by atoms with van der Waals surface area (Å²) in [5.74, 6) is 0.00347.